The molecule has 4 heteroatoms. The van der Waals surface area contributed by atoms with Crippen LogP contribution in [0.5, 0.6) is 0 Å². The van der Waals surface area contributed by atoms with Crippen molar-refractivity contribution in [3.8, 4) is 0 Å². The van der Waals surface area contributed by atoms with E-state index in [-0.39, 0.29) is 19.6 Å². The molecule has 96 valence electrons. The number of rotatable bonds is 8. The lowest BCUT2D eigenvalue weighted by Gasteiger charge is -2.05. The number of carbonyl (C=O) groups is 2. The Bertz CT molecular complexity index is 275. The Balaban J connectivity index is 3.62. The van der Waals surface area contributed by atoms with E-state index in [2.05, 4.69) is 13.2 Å². The van der Waals surface area contributed by atoms with Crippen molar-refractivity contribution in [1.29, 1.82) is 0 Å². The molecule has 0 aromatic heterocycles. The fourth-order valence-corrected chi connectivity index (χ4v) is 0.898. The molecule has 0 spiro atoms. The summed E-state index contributed by atoms with van der Waals surface area (Å²) < 4.78 is 9.67. The molecule has 0 amide bonds. The predicted octanol–water partition coefficient (Wildman–Crippen LogP) is 2.40. The molecule has 0 bridgehead atoms. The van der Waals surface area contributed by atoms with E-state index in [1.54, 1.807) is 0 Å². The van der Waals surface area contributed by atoms with E-state index in [1.807, 2.05) is 13.8 Å². The van der Waals surface area contributed by atoms with Crippen molar-refractivity contribution >= 4 is 11.9 Å². The number of ether oxygens (including phenoxy) is 2. The molecule has 0 aliphatic carbocycles. The fraction of sp³-hybridized carbons (Fsp3) is 0.538. The van der Waals surface area contributed by atoms with E-state index in [1.165, 1.54) is 0 Å². The molecule has 0 heterocycles. The highest BCUT2D eigenvalue weighted by Crippen LogP contribution is 2.00. The summed E-state index contributed by atoms with van der Waals surface area (Å²) in [6, 6.07) is 0. The first kappa shape index (κ1) is 15.4. The van der Waals surface area contributed by atoms with Crippen LogP contribution in [0.4, 0.5) is 0 Å². The summed E-state index contributed by atoms with van der Waals surface area (Å²) in [6.45, 7) is 11.6. The van der Waals surface area contributed by atoms with Crippen LogP contribution in [0, 0.1) is 0 Å². The van der Waals surface area contributed by atoms with Crippen molar-refractivity contribution < 1.29 is 19.1 Å². The topological polar surface area (TPSA) is 52.6 Å². The number of hydrogen-bond donors (Lipinski definition) is 0. The summed E-state index contributed by atoms with van der Waals surface area (Å²) >= 11 is 0. The zero-order valence-corrected chi connectivity index (χ0v) is 10.6. The van der Waals surface area contributed by atoms with Crippen LogP contribution in [0.25, 0.3) is 0 Å². The van der Waals surface area contributed by atoms with Gasteiger partial charge in [0.15, 0.2) is 0 Å². The van der Waals surface area contributed by atoms with Crippen LogP contribution in [0.1, 0.15) is 33.1 Å². The van der Waals surface area contributed by atoms with Crippen LogP contribution >= 0.6 is 0 Å². The Labute approximate surface area is 102 Å². The van der Waals surface area contributed by atoms with Crippen molar-refractivity contribution in [1.82, 2.24) is 0 Å². The van der Waals surface area contributed by atoms with Gasteiger partial charge in [0.2, 0.25) is 0 Å². The number of esters is 2. The fourth-order valence-electron chi connectivity index (χ4n) is 0.898. The van der Waals surface area contributed by atoms with Crippen LogP contribution in [0.3, 0.4) is 0 Å². The summed E-state index contributed by atoms with van der Waals surface area (Å²) in [6.07, 6.45) is 0.874. The maximum atomic E-state index is 11.2. The van der Waals surface area contributed by atoms with Crippen LogP contribution in [-0.4, -0.2) is 25.2 Å². The molecule has 0 aliphatic heterocycles. The third kappa shape index (κ3) is 10.7. The zero-order valence-electron chi connectivity index (χ0n) is 10.6. The molecule has 0 saturated carbocycles. The van der Waals surface area contributed by atoms with E-state index in [0.717, 1.165) is 11.1 Å². The van der Waals surface area contributed by atoms with Crippen LogP contribution < -0.4 is 0 Å². The van der Waals surface area contributed by atoms with Gasteiger partial charge in [0, 0.05) is 12.8 Å². The second-order valence-corrected chi connectivity index (χ2v) is 4.03. The lowest BCUT2D eigenvalue weighted by molar-refractivity contribution is -0.154. The lowest BCUT2D eigenvalue weighted by Crippen LogP contribution is -2.15. The van der Waals surface area contributed by atoms with Crippen molar-refractivity contribution in [2.45, 2.75) is 33.1 Å². The quantitative estimate of drug-likeness (QED) is 0.371. The maximum absolute atomic E-state index is 11.2. The van der Waals surface area contributed by atoms with Gasteiger partial charge in [-0.2, -0.15) is 0 Å². The predicted molar refractivity (Wildman–Crippen MR) is 65.4 cm³/mol. The highest BCUT2D eigenvalue weighted by Gasteiger charge is 2.11. The second-order valence-electron chi connectivity index (χ2n) is 4.03. The van der Waals surface area contributed by atoms with E-state index in [4.69, 9.17) is 9.47 Å². The Morgan fingerprint density at radius 3 is 1.53 bits per heavy atom. The minimum absolute atomic E-state index is 0.257. The van der Waals surface area contributed by atoms with Crippen molar-refractivity contribution in [3.63, 3.8) is 0 Å². The molecule has 0 fully saturated rings. The first-order valence-electron chi connectivity index (χ1n) is 5.52. The van der Waals surface area contributed by atoms with Gasteiger partial charge in [0.1, 0.15) is 6.42 Å². The first-order valence-corrected chi connectivity index (χ1v) is 5.52. The molecular formula is C13H20O4. The van der Waals surface area contributed by atoms with E-state index >= 15 is 0 Å². The molecule has 0 radical (unpaired) electrons. The Kier molecular flexibility index (Phi) is 7.76. The Hall–Kier alpha value is -1.58. The molecule has 0 atom stereocenters. The van der Waals surface area contributed by atoms with Gasteiger partial charge in [0.05, 0.1) is 13.2 Å². The van der Waals surface area contributed by atoms with Gasteiger partial charge in [-0.25, -0.2) is 0 Å². The summed E-state index contributed by atoms with van der Waals surface area (Å²) in [5, 5.41) is 0. The smallest absolute Gasteiger partial charge is 0.317 e. The lowest BCUT2D eigenvalue weighted by atomic mass is 10.2. The largest absolute Gasteiger partial charge is 0.465 e. The standard InChI is InChI=1S/C13H20O4/c1-10(2)5-7-16-12(14)9-13(15)17-8-6-11(3)4/h1,3,5-9H2,2,4H3. The highest BCUT2D eigenvalue weighted by molar-refractivity contribution is 5.91. The Morgan fingerprint density at radius 1 is 0.882 bits per heavy atom. The normalized spacial score (nSPS) is 9.53. The molecule has 0 unspecified atom stereocenters. The molecule has 0 aromatic carbocycles. The van der Waals surface area contributed by atoms with Gasteiger partial charge in [-0.05, 0) is 13.8 Å². The van der Waals surface area contributed by atoms with Crippen LogP contribution in [-0.2, 0) is 19.1 Å². The van der Waals surface area contributed by atoms with E-state index < -0.39 is 11.9 Å². The van der Waals surface area contributed by atoms with Gasteiger partial charge in [0.25, 0.3) is 0 Å². The van der Waals surface area contributed by atoms with Gasteiger partial charge < -0.3 is 9.47 Å². The first-order chi connectivity index (χ1) is 7.91. The van der Waals surface area contributed by atoms with E-state index in [0.29, 0.717) is 12.8 Å². The highest BCUT2D eigenvalue weighted by atomic mass is 16.6. The summed E-state index contributed by atoms with van der Waals surface area (Å²) in [4.78, 5) is 22.3. The van der Waals surface area contributed by atoms with Crippen molar-refractivity contribution in [2.24, 2.45) is 0 Å². The van der Waals surface area contributed by atoms with Crippen LogP contribution in [0.2, 0.25) is 0 Å². The monoisotopic (exact) mass is 240 g/mol. The molecule has 4 nitrogen and oxygen atoms in total. The van der Waals surface area contributed by atoms with Crippen LogP contribution in [0.15, 0.2) is 24.3 Å². The minimum atomic E-state index is -0.563. The van der Waals surface area contributed by atoms with E-state index in [9.17, 15) is 9.59 Å². The molecule has 0 aliphatic rings. The van der Waals surface area contributed by atoms with Gasteiger partial charge in [-0.15, -0.1) is 13.2 Å². The maximum Gasteiger partial charge on any atom is 0.317 e. The number of hydrogen-bond acceptors (Lipinski definition) is 4. The average Bonchev–Trinajstić information content (AvgIpc) is 2.15. The minimum Gasteiger partial charge on any atom is -0.465 e. The second kappa shape index (κ2) is 8.56. The van der Waals surface area contributed by atoms with Crippen molar-refractivity contribution in [3.05, 3.63) is 24.3 Å². The van der Waals surface area contributed by atoms with Crippen molar-refractivity contribution in [2.75, 3.05) is 13.2 Å². The molecule has 17 heavy (non-hydrogen) atoms. The third-order valence-electron chi connectivity index (χ3n) is 1.87. The molecule has 0 N–H and O–H groups in total. The Morgan fingerprint density at radius 2 is 1.24 bits per heavy atom. The van der Waals surface area contributed by atoms with Gasteiger partial charge >= 0.3 is 11.9 Å². The van der Waals surface area contributed by atoms with Gasteiger partial charge in [-0.3, -0.25) is 9.59 Å². The third-order valence-corrected chi connectivity index (χ3v) is 1.87. The zero-order chi connectivity index (χ0) is 13.3. The molecule has 0 rings (SSSR count). The SMILES string of the molecule is C=C(C)CCOC(=O)CC(=O)OCCC(=C)C. The molecular weight excluding hydrogens is 220 g/mol. The summed E-state index contributed by atoms with van der Waals surface area (Å²) in [7, 11) is 0. The average molecular weight is 240 g/mol. The summed E-state index contributed by atoms with van der Waals surface area (Å²) in [5.74, 6) is -1.13. The molecule has 0 saturated heterocycles. The molecule has 0 aromatic rings. The summed E-state index contributed by atoms with van der Waals surface area (Å²) in [5.41, 5.74) is 1.86. The van der Waals surface area contributed by atoms with Gasteiger partial charge in [-0.1, -0.05) is 11.1 Å². The number of carbonyl (C=O) groups excluding carboxylic acids is 2.